The Kier molecular flexibility index (Phi) is 3.68. The molecule has 0 aliphatic rings. The Morgan fingerprint density at radius 3 is 2.75 bits per heavy atom. The van der Waals surface area contributed by atoms with Crippen LogP contribution in [0.15, 0.2) is 12.1 Å². The van der Waals surface area contributed by atoms with E-state index in [-0.39, 0.29) is 16.8 Å². The van der Waals surface area contributed by atoms with Crippen molar-refractivity contribution in [2.24, 2.45) is 0 Å². The van der Waals surface area contributed by atoms with E-state index in [1.54, 1.807) is 6.92 Å². The van der Waals surface area contributed by atoms with E-state index in [9.17, 15) is 9.18 Å². The van der Waals surface area contributed by atoms with Gasteiger partial charge in [0.2, 0.25) is 0 Å². The number of carbonyl (C=O) groups is 1. The van der Waals surface area contributed by atoms with Gasteiger partial charge in [-0.3, -0.25) is 4.79 Å². The first-order chi connectivity index (χ1) is 9.42. The summed E-state index contributed by atoms with van der Waals surface area (Å²) in [4.78, 5) is 16.4. The molecule has 1 aromatic carbocycles. The Balaban J connectivity index is 2.35. The molecule has 0 unspecified atom stereocenters. The fraction of sp³-hybridized carbons (Fsp3) is 0.154. The average Bonchev–Trinajstić information content (AvgIpc) is 2.73. The van der Waals surface area contributed by atoms with Crippen molar-refractivity contribution >= 4 is 28.1 Å². The highest BCUT2D eigenvalue weighted by Crippen LogP contribution is 2.24. The number of aromatic nitrogens is 1. The molecule has 2 rings (SSSR count). The zero-order valence-electron chi connectivity index (χ0n) is 10.8. The zero-order valence-corrected chi connectivity index (χ0v) is 11.6. The number of anilines is 2. The molecule has 102 valence electrons. The van der Waals surface area contributed by atoms with Crippen LogP contribution in [-0.4, -0.2) is 10.9 Å². The van der Waals surface area contributed by atoms with Gasteiger partial charge in [-0.1, -0.05) is 11.3 Å². The summed E-state index contributed by atoms with van der Waals surface area (Å²) in [7, 11) is 0. The smallest absolute Gasteiger partial charge is 0.267 e. The van der Waals surface area contributed by atoms with E-state index >= 15 is 0 Å². The minimum absolute atomic E-state index is 0.143. The van der Waals surface area contributed by atoms with Crippen LogP contribution >= 0.6 is 11.3 Å². The quantitative estimate of drug-likeness (QED) is 0.889. The maximum absolute atomic E-state index is 13.6. The number of hydrogen-bond donors (Lipinski definition) is 2. The molecule has 0 aliphatic carbocycles. The average molecular weight is 290 g/mol. The number of thiazole rings is 1. The zero-order chi connectivity index (χ0) is 14.9. The molecule has 2 aromatic rings. The first-order valence-corrected chi connectivity index (χ1v) is 6.48. The van der Waals surface area contributed by atoms with E-state index in [1.807, 2.05) is 6.07 Å². The molecule has 0 radical (unpaired) electrons. The van der Waals surface area contributed by atoms with Crippen LogP contribution in [0.4, 0.5) is 15.2 Å². The lowest BCUT2D eigenvalue weighted by atomic mass is 10.1. The van der Waals surface area contributed by atoms with Gasteiger partial charge in [-0.2, -0.15) is 5.26 Å². The maximum Gasteiger partial charge on any atom is 0.267 e. The van der Waals surface area contributed by atoms with E-state index in [2.05, 4.69) is 10.3 Å². The molecule has 0 bridgehead atoms. The van der Waals surface area contributed by atoms with Gasteiger partial charge in [0, 0.05) is 11.3 Å². The highest BCUT2D eigenvalue weighted by Gasteiger charge is 2.16. The number of nitrogens with two attached hydrogens (primary N) is 1. The highest BCUT2D eigenvalue weighted by molar-refractivity contribution is 7.17. The number of benzene rings is 1. The van der Waals surface area contributed by atoms with E-state index in [0.717, 1.165) is 17.4 Å². The third kappa shape index (κ3) is 2.60. The van der Waals surface area contributed by atoms with Crippen molar-refractivity contribution in [3.8, 4) is 6.07 Å². The molecule has 0 spiro atoms. The van der Waals surface area contributed by atoms with Crippen LogP contribution in [0.25, 0.3) is 0 Å². The molecule has 3 N–H and O–H groups in total. The number of halogens is 1. The summed E-state index contributed by atoms with van der Waals surface area (Å²) in [6, 6.07) is 4.40. The van der Waals surface area contributed by atoms with Crippen molar-refractivity contribution in [2.75, 3.05) is 11.1 Å². The Morgan fingerprint density at radius 1 is 1.50 bits per heavy atom. The number of carbonyl (C=O) groups excluding carboxylic acids is 1. The summed E-state index contributed by atoms with van der Waals surface area (Å²) in [5, 5.41) is 11.7. The van der Waals surface area contributed by atoms with Gasteiger partial charge in [0.15, 0.2) is 5.13 Å². The Morgan fingerprint density at radius 2 is 2.20 bits per heavy atom. The first-order valence-electron chi connectivity index (χ1n) is 5.67. The lowest BCUT2D eigenvalue weighted by Gasteiger charge is -2.09. The van der Waals surface area contributed by atoms with Gasteiger partial charge in [0.25, 0.3) is 5.91 Å². The monoisotopic (exact) mass is 290 g/mol. The molecule has 0 saturated carbocycles. The van der Waals surface area contributed by atoms with Gasteiger partial charge in [-0.05, 0) is 26.0 Å². The summed E-state index contributed by atoms with van der Waals surface area (Å²) in [5.74, 6) is -0.964. The molecule has 7 heteroatoms. The second kappa shape index (κ2) is 5.27. The standard InChI is InChI=1S/C13H11FN4OS/c1-6-9(14)3-8(5-15)4-10(6)18-12(19)11-7(2)17-13(16)20-11/h3-4H,1-2H3,(H2,16,17)(H,18,19). The van der Waals surface area contributed by atoms with Crippen LogP contribution < -0.4 is 11.1 Å². The van der Waals surface area contributed by atoms with Crippen LogP contribution in [0.5, 0.6) is 0 Å². The van der Waals surface area contributed by atoms with Gasteiger partial charge in [-0.25, -0.2) is 9.37 Å². The second-order valence-corrected chi connectivity index (χ2v) is 5.19. The summed E-state index contributed by atoms with van der Waals surface area (Å²) in [6.07, 6.45) is 0. The van der Waals surface area contributed by atoms with Crippen molar-refractivity contribution in [2.45, 2.75) is 13.8 Å². The minimum atomic E-state index is -0.542. The van der Waals surface area contributed by atoms with Crippen molar-refractivity contribution in [3.05, 3.63) is 39.6 Å². The van der Waals surface area contributed by atoms with Gasteiger partial charge in [0.05, 0.1) is 17.3 Å². The van der Waals surface area contributed by atoms with Crippen molar-refractivity contribution in [1.29, 1.82) is 5.26 Å². The largest absolute Gasteiger partial charge is 0.375 e. The Labute approximate surface area is 118 Å². The molecular formula is C13H11FN4OS. The molecule has 0 saturated heterocycles. The van der Waals surface area contributed by atoms with E-state index < -0.39 is 11.7 Å². The third-order valence-corrected chi connectivity index (χ3v) is 3.73. The van der Waals surface area contributed by atoms with Crippen LogP contribution in [0, 0.1) is 31.0 Å². The van der Waals surface area contributed by atoms with Crippen LogP contribution in [-0.2, 0) is 0 Å². The lowest BCUT2D eigenvalue weighted by molar-refractivity contribution is 0.102. The predicted molar refractivity (Wildman–Crippen MR) is 75.1 cm³/mol. The summed E-state index contributed by atoms with van der Waals surface area (Å²) in [5.41, 5.74) is 6.72. The number of nitriles is 1. The fourth-order valence-electron chi connectivity index (χ4n) is 1.68. The molecule has 20 heavy (non-hydrogen) atoms. The van der Waals surface area contributed by atoms with Crippen molar-refractivity contribution < 1.29 is 9.18 Å². The molecule has 5 nitrogen and oxygen atoms in total. The number of aryl methyl sites for hydroxylation is 1. The van der Waals surface area contributed by atoms with Gasteiger partial charge >= 0.3 is 0 Å². The Bertz CT molecular complexity index is 733. The fourth-order valence-corrected chi connectivity index (χ4v) is 2.41. The molecule has 0 fully saturated rings. The number of rotatable bonds is 2. The Hall–Kier alpha value is -2.46. The van der Waals surface area contributed by atoms with E-state index in [4.69, 9.17) is 11.0 Å². The minimum Gasteiger partial charge on any atom is -0.375 e. The number of amides is 1. The summed E-state index contributed by atoms with van der Waals surface area (Å²) < 4.78 is 13.6. The normalized spacial score (nSPS) is 10.1. The first kappa shape index (κ1) is 14.0. The summed E-state index contributed by atoms with van der Waals surface area (Å²) in [6.45, 7) is 3.20. The maximum atomic E-state index is 13.6. The van der Waals surface area contributed by atoms with E-state index in [1.165, 1.54) is 13.0 Å². The van der Waals surface area contributed by atoms with Gasteiger partial charge in [-0.15, -0.1) is 0 Å². The summed E-state index contributed by atoms with van der Waals surface area (Å²) >= 11 is 1.06. The molecule has 0 aliphatic heterocycles. The highest BCUT2D eigenvalue weighted by atomic mass is 32.1. The number of nitrogen functional groups attached to an aromatic ring is 1. The third-order valence-electron chi connectivity index (χ3n) is 2.74. The molecule has 1 heterocycles. The SMILES string of the molecule is Cc1nc(N)sc1C(=O)Nc1cc(C#N)cc(F)c1C. The lowest BCUT2D eigenvalue weighted by Crippen LogP contribution is -2.13. The number of nitrogens with zero attached hydrogens (tertiary/aromatic N) is 2. The second-order valence-electron chi connectivity index (χ2n) is 4.16. The number of hydrogen-bond acceptors (Lipinski definition) is 5. The molecule has 1 amide bonds. The molecular weight excluding hydrogens is 279 g/mol. The van der Waals surface area contributed by atoms with Crippen LogP contribution in [0.2, 0.25) is 0 Å². The van der Waals surface area contributed by atoms with Crippen LogP contribution in [0.3, 0.4) is 0 Å². The predicted octanol–water partition coefficient (Wildman–Crippen LogP) is 2.61. The van der Waals surface area contributed by atoms with Gasteiger partial charge in [0.1, 0.15) is 10.7 Å². The topological polar surface area (TPSA) is 91.8 Å². The molecule has 1 aromatic heterocycles. The van der Waals surface area contributed by atoms with E-state index in [0.29, 0.717) is 15.7 Å². The number of nitrogens with one attached hydrogen (secondary N) is 1. The molecule has 0 atom stereocenters. The van der Waals surface area contributed by atoms with Crippen LogP contribution in [0.1, 0.15) is 26.5 Å². The van der Waals surface area contributed by atoms with Crippen molar-refractivity contribution in [1.82, 2.24) is 4.98 Å². The van der Waals surface area contributed by atoms with Crippen molar-refractivity contribution in [3.63, 3.8) is 0 Å². The van der Waals surface area contributed by atoms with Gasteiger partial charge < -0.3 is 11.1 Å².